The highest BCUT2D eigenvalue weighted by atomic mass is 16.5. The van der Waals surface area contributed by atoms with Gasteiger partial charge in [-0.3, -0.25) is 9.59 Å². The first kappa shape index (κ1) is 12.7. The number of esters is 1. The first-order chi connectivity index (χ1) is 8.70. The molecule has 1 aromatic heterocycles. The minimum absolute atomic E-state index is 0.0326. The van der Waals surface area contributed by atoms with Gasteiger partial charge in [0, 0.05) is 6.04 Å². The van der Waals surface area contributed by atoms with E-state index in [0.29, 0.717) is 12.0 Å². The Hall–Kier alpha value is -1.78. The van der Waals surface area contributed by atoms with Crippen LogP contribution in [0.25, 0.3) is 0 Å². The fourth-order valence-corrected chi connectivity index (χ4v) is 2.36. The van der Waals surface area contributed by atoms with Gasteiger partial charge < -0.3 is 14.5 Å². The maximum absolute atomic E-state index is 11.8. The first-order valence-corrected chi connectivity index (χ1v) is 6.11. The molecule has 0 bridgehead atoms. The average molecular weight is 251 g/mol. The fraction of sp³-hybridized carbons (Fsp3) is 0.538. The first-order valence-electron chi connectivity index (χ1n) is 6.11. The third-order valence-corrected chi connectivity index (χ3v) is 3.33. The van der Waals surface area contributed by atoms with Crippen molar-refractivity contribution in [1.82, 2.24) is 5.32 Å². The number of methoxy groups -OCH3 is 1. The molecule has 1 aromatic rings. The van der Waals surface area contributed by atoms with Gasteiger partial charge in [0.05, 0.1) is 24.9 Å². The van der Waals surface area contributed by atoms with Gasteiger partial charge in [-0.15, -0.1) is 0 Å². The highest BCUT2D eigenvalue weighted by Crippen LogP contribution is 2.25. The topological polar surface area (TPSA) is 68.5 Å². The van der Waals surface area contributed by atoms with Gasteiger partial charge in [0.2, 0.25) is 0 Å². The Balaban J connectivity index is 1.90. The Kier molecular flexibility index (Phi) is 4.02. The highest BCUT2D eigenvalue weighted by Gasteiger charge is 2.28. The van der Waals surface area contributed by atoms with E-state index in [1.807, 2.05) is 0 Å². The van der Waals surface area contributed by atoms with Crippen molar-refractivity contribution in [2.45, 2.75) is 31.7 Å². The third-order valence-electron chi connectivity index (χ3n) is 3.33. The zero-order valence-electron chi connectivity index (χ0n) is 10.3. The molecule has 0 unspecified atom stereocenters. The van der Waals surface area contributed by atoms with Gasteiger partial charge in [-0.25, -0.2) is 0 Å². The monoisotopic (exact) mass is 251 g/mol. The van der Waals surface area contributed by atoms with Crippen molar-refractivity contribution in [2.75, 3.05) is 7.11 Å². The summed E-state index contributed by atoms with van der Waals surface area (Å²) in [7, 11) is 1.40. The van der Waals surface area contributed by atoms with E-state index in [0.717, 1.165) is 19.3 Å². The van der Waals surface area contributed by atoms with Crippen LogP contribution in [0, 0.1) is 5.92 Å². The summed E-state index contributed by atoms with van der Waals surface area (Å²) in [5.41, 5.74) is 0.509. The molecule has 98 valence electrons. The van der Waals surface area contributed by atoms with E-state index in [9.17, 15) is 9.59 Å². The molecule has 1 saturated carbocycles. The zero-order chi connectivity index (χ0) is 13.0. The van der Waals surface area contributed by atoms with Crippen LogP contribution < -0.4 is 5.32 Å². The Morgan fingerprint density at radius 2 is 2.28 bits per heavy atom. The van der Waals surface area contributed by atoms with Crippen LogP contribution in [-0.4, -0.2) is 25.0 Å². The Morgan fingerprint density at radius 1 is 1.44 bits per heavy atom. The Labute approximate surface area is 105 Å². The van der Waals surface area contributed by atoms with Gasteiger partial charge >= 0.3 is 5.97 Å². The summed E-state index contributed by atoms with van der Waals surface area (Å²) in [6.07, 6.45) is 6.19. The Morgan fingerprint density at radius 3 is 2.94 bits per heavy atom. The standard InChI is InChI=1S/C13H17NO4/c1-17-13(16)9-3-2-4-11(7-9)14-12(15)10-5-6-18-8-10/h5-6,8-9,11H,2-4,7H2,1H3,(H,14,15)/t9-,11-/m0/s1. The van der Waals surface area contributed by atoms with Crippen LogP contribution in [-0.2, 0) is 9.53 Å². The molecule has 0 aromatic carbocycles. The van der Waals surface area contributed by atoms with Crippen LogP contribution in [0.2, 0.25) is 0 Å². The summed E-state index contributed by atoms with van der Waals surface area (Å²) < 4.78 is 9.62. The van der Waals surface area contributed by atoms with Gasteiger partial charge in [0.25, 0.3) is 5.91 Å². The van der Waals surface area contributed by atoms with E-state index in [1.165, 1.54) is 19.6 Å². The lowest BCUT2D eigenvalue weighted by atomic mass is 9.85. The van der Waals surface area contributed by atoms with Crippen LogP contribution in [0.3, 0.4) is 0 Å². The largest absolute Gasteiger partial charge is 0.472 e. The maximum atomic E-state index is 11.8. The highest BCUT2D eigenvalue weighted by molar-refractivity contribution is 5.94. The van der Waals surface area contributed by atoms with Crippen LogP contribution in [0.1, 0.15) is 36.0 Å². The van der Waals surface area contributed by atoms with Crippen molar-refractivity contribution < 1.29 is 18.7 Å². The quantitative estimate of drug-likeness (QED) is 0.831. The second-order valence-corrected chi connectivity index (χ2v) is 4.57. The molecule has 18 heavy (non-hydrogen) atoms. The molecule has 5 heteroatoms. The lowest BCUT2D eigenvalue weighted by Gasteiger charge is -2.27. The average Bonchev–Trinajstić information content (AvgIpc) is 2.92. The number of nitrogens with one attached hydrogen (secondary N) is 1. The van der Waals surface area contributed by atoms with Crippen molar-refractivity contribution >= 4 is 11.9 Å². The van der Waals surface area contributed by atoms with Crippen LogP contribution in [0.4, 0.5) is 0 Å². The summed E-state index contributed by atoms with van der Waals surface area (Å²) in [4.78, 5) is 23.3. The number of carbonyl (C=O) groups excluding carboxylic acids is 2. The van der Waals surface area contributed by atoms with Crippen molar-refractivity contribution in [2.24, 2.45) is 5.92 Å². The molecule has 0 aliphatic heterocycles. The summed E-state index contributed by atoms with van der Waals surface area (Å²) in [6, 6.07) is 1.65. The maximum Gasteiger partial charge on any atom is 0.308 e. The number of rotatable bonds is 3. The molecule has 0 saturated heterocycles. The van der Waals surface area contributed by atoms with Crippen molar-refractivity contribution in [3.05, 3.63) is 24.2 Å². The molecule has 1 heterocycles. The van der Waals surface area contributed by atoms with E-state index in [4.69, 9.17) is 9.15 Å². The second-order valence-electron chi connectivity index (χ2n) is 4.57. The van der Waals surface area contributed by atoms with Gasteiger partial charge in [-0.1, -0.05) is 6.42 Å². The van der Waals surface area contributed by atoms with Crippen molar-refractivity contribution in [3.63, 3.8) is 0 Å². The predicted molar refractivity (Wildman–Crippen MR) is 63.9 cm³/mol. The molecule has 0 radical (unpaired) electrons. The molecule has 1 amide bonds. The van der Waals surface area contributed by atoms with E-state index in [2.05, 4.69) is 5.32 Å². The smallest absolute Gasteiger partial charge is 0.308 e. The normalized spacial score (nSPS) is 23.4. The van der Waals surface area contributed by atoms with E-state index in [-0.39, 0.29) is 23.8 Å². The van der Waals surface area contributed by atoms with Gasteiger partial charge in [-0.2, -0.15) is 0 Å². The number of hydrogen-bond acceptors (Lipinski definition) is 4. The molecular formula is C13H17NO4. The van der Waals surface area contributed by atoms with Crippen molar-refractivity contribution in [3.8, 4) is 0 Å². The van der Waals surface area contributed by atoms with E-state index < -0.39 is 0 Å². The Bertz CT molecular complexity index is 413. The second kappa shape index (κ2) is 5.71. The molecule has 5 nitrogen and oxygen atoms in total. The molecule has 1 aliphatic rings. The van der Waals surface area contributed by atoms with E-state index >= 15 is 0 Å². The summed E-state index contributed by atoms with van der Waals surface area (Å²) >= 11 is 0. The fourth-order valence-electron chi connectivity index (χ4n) is 2.36. The minimum atomic E-state index is -0.183. The summed E-state index contributed by atoms with van der Waals surface area (Å²) in [6.45, 7) is 0. The molecule has 2 atom stereocenters. The molecule has 0 spiro atoms. The van der Waals surface area contributed by atoms with Gasteiger partial charge in [0.1, 0.15) is 6.26 Å². The lowest BCUT2D eigenvalue weighted by molar-refractivity contribution is -0.146. The van der Waals surface area contributed by atoms with E-state index in [1.54, 1.807) is 6.07 Å². The van der Waals surface area contributed by atoms with Crippen LogP contribution in [0.15, 0.2) is 23.0 Å². The number of hydrogen-bond donors (Lipinski definition) is 1. The molecule has 1 fully saturated rings. The minimum Gasteiger partial charge on any atom is -0.472 e. The van der Waals surface area contributed by atoms with Gasteiger partial charge in [-0.05, 0) is 25.3 Å². The number of ether oxygens (including phenoxy) is 1. The lowest BCUT2D eigenvalue weighted by Crippen LogP contribution is -2.40. The third kappa shape index (κ3) is 2.91. The molecule has 1 aliphatic carbocycles. The summed E-state index contributed by atoms with van der Waals surface area (Å²) in [5.74, 6) is -0.435. The van der Waals surface area contributed by atoms with Crippen LogP contribution in [0.5, 0.6) is 0 Å². The number of furan rings is 1. The van der Waals surface area contributed by atoms with Crippen LogP contribution >= 0.6 is 0 Å². The number of carbonyl (C=O) groups is 2. The van der Waals surface area contributed by atoms with Gasteiger partial charge in [0.15, 0.2) is 0 Å². The zero-order valence-corrected chi connectivity index (χ0v) is 10.3. The number of amides is 1. The van der Waals surface area contributed by atoms with Crippen molar-refractivity contribution in [1.29, 1.82) is 0 Å². The summed E-state index contributed by atoms with van der Waals surface area (Å²) in [5, 5.41) is 2.92. The SMILES string of the molecule is COC(=O)[C@H]1CCC[C@H](NC(=O)c2ccoc2)C1. The molecular weight excluding hydrogens is 234 g/mol. The molecule has 2 rings (SSSR count). The predicted octanol–water partition coefficient (Wildman–Crippen LogP) is 1.74. The molecule has 1 N–H and O–H groups in total.